The van der Waals surface area contributed by atoms with Crippen molar-refractivity contribution < 1.29 is 9.15 Å². The molecule has 0 saturated carbocycles. The van der Waals surface area contributed by atoms with Crippen LogP contribution in [-0.2, 0) is 6.61 Å². The van der Waals surface area contributed by atoms with Crippen LogP contribution in [0, 0.1) is 6.92 Å². The smallest absolute Gasteiger partial charge is 0.254 e. The van der Waals surface area contributed by atoms with E-state index in [1.165, 1.54) is 0 Å². The van der Waals surface area contributed by atoms with Crippen LogP contribution in [0.5, 0.6) is 5.75 Å². The third-order valence-electron chi connectivity index (χ3n) is 3.03. The van der Waals surface area contributed by atoms with Crippen LogP contribution in [0.4, 0.5) is 0 Å². The summed E-state index contributed by atoms with van der Waals surface area (Å²) in [7, 11) is 0. The summed E-state index contributed by atoms with van der Waals surface area (Å²) < 4.78 is 12.2. The van der Waals surface area contributed by atoms with Crippen molar-refractivity contribution in [1.29, 1.82) is 0 Å². The van der Waals surface area contributed by atoms with Gasteiger partial charge in [0.2, 0.25) is 5.89 Å². The summed E-state index contributed by atoms with van der Waals surface area (Å²) in [6, 6.07) is 15.5. The Hall–Kier alpha value is -2.14. The molecule has 21 heavy (non-hydrogen) atoms. The molecule has 0 amide bonds. The highest BCUT2D eigenvalue weighted by Gasteiger charge is 2.11. The normalized spacial score (nSPS) is 10.6. The Morgan fingerprint density at radius 3 is 2.62 bits per heavy atom. The minimum absolute atomic E-state index is 0.238. The fraction of sp³-hybridized carbons (Fsp3) is 0.125. The fourth-order valence-electron chi connectivity index (χ4n) is 1.93. The van der Waals surface area contributed by atoms with Gasteiger partial charge in [-0.1, -0.05) is 30.3 Å². The monoisotopic (exact) mass is 344 g/mol. The first-order chi connectivity index (χ1) is 10.2. The molecule has 3 rings (SSSR count). The lowest BCUT2D eigenvalue weighted by Gasteiger charge is -2.04. The van der Waals surface area contributed by atoms with Crippen molar-refractivity contribution in [3.05, 3.63) is 64.5 Å². The lowest BCUT2D eigenvalue weighted by molar-refractivity contribution is 0.263. The molecule has 106 valence electrons. The molecule has 1 heterocycles. The van der Waals surface area contributed by atoms with E-state index < -0.39 is 0 Å². The molecule has 0 radical (unpaired) electrons. The molecule has 0 unspecified atom stereocenters. The maximum absolute atomic E-state index is 5.66. The summed E-state index contributed by atoms with van der Waals surface area (Å²) in [5, 5.41) is 8.10. The highest BCUT2D eigenvalue weighted by atomic mass is 79.9. The topological polar surface area (TPSA) is 48.2 Å². The molecule has 0 fully saturated rings. The molecule has 1 aromatic heterocycles. The first kappa shape index (κ1) is 13.8. The molecule has 0 atom stereocenters. The molecule has 3 aromatic rings. The predicted molar refractivity (Wildman–Crippen MR) is 82.9 cm³/mol. The number of halogens is 1. The summed E-state index contributed by atoms with van der Waals surface area (Å²) in [4.78, 5) is 0. The van der Waals surface area contributed by atoms with Gasteiger partial charge in [-0.25, -0.2) is 0 Å². The zero-order valence-corrected chi connectivity index (χ0v) is 13.0. The van der Waals surface area contributed by atoms with Gasteiger partial charge in [0.25, 0.3) is 5.89 Å². The van der Waals surface area contributed by atoms with E-state index in [0.29, 0.717) is 11.8 Å². The summed E-state index contributed by atoms with van der Waals surface area (Å²) in [5.74, 6) is 1.70. The number of nitrogens with zero attached hydrogens (tertiary/aromatic N) is 2. The van der Waals surface area contributed by atoms with Gasteiger partial charge >= 0.3 is 0 Å². The molecule has 0 spiro atoms. The predicted octanol–water partition coefficient (Wildman–Crippen LogP) is 4.39. The highest BCUT2D eigenvalue weighted by molar-refractivity contribution is 9.10. The molecule has 5 heteroatoms. The lowest BCUT2D eigenvalue weighted by Crippen LogP contribution is -1.96. The molecule has 0 bridgehead atoms. The molecule has 0 aliphatic heterocycles. The highest BCUT2D eigenvalue weighted by Crippen LogP contribution is 2.25. The lowest BCUT2D eigenvalue weighted by atomic mass is 10.1. The Balaban J connectivity index is 1.74. The van der Waals surface area contributed by atoms with Gasteiger partial charge in [-0.3, -0.25) is 0 Å². The van der Waals surface area contributed by atoms with Crippen LogP contribution >= 0.6 is 15.9 Å². The third-order valence-corrected chi connectivity index (χ3v) is 3.69. The third kappa shape index (κ3) is 3.13. The number of benzene rings is 2. The Morgan fingerprint density at radius 1 is 1.05 bits per heavy atom. The van der Waals surface area contributed by atoms with Crippen molar-refractivity contribution in [2.24, 2.45) is 0 Å². The number of ether oxygens (including phenoxy) is 1. The summed E-state index contributed by atoms with van der Waals surface area (Å²) in [6.45, 7) is 2.25. The number of hydrogen-bond acceptors (Lipinski definition) is 4. The van der Waals surface area contributed by atoms with Crippen LogP contribution in [0.2, 0.25) is 0 Å². The molecule has 4 nitrogen and oxygen atoms in total. The van der Waals surface area contributed by atoms with Crippen LogP contribution in [0.3, 0.4) is 0 Å². The van der Waals surface area contributed by atoms with Crippen molar-refractivity contribution in [2.45, 2.75) is 13.5 Å². The average Bonchev–Trinajstić information content (AvgIpc) is 2.96. The Kier molecular flexibility index (Phi) is 4.01. The summed E-state index contributed by atoms with van der Waals surface area (Å²) >= 11 is 3.43. The summed E-state index contributed by atoms with van der Waals surface area (Å²) in [5.41, 5.74) is 2.04. The fourth-order valence-corrected chi connectivity index (χ4v) is 2.33. The molecular formula is C16H13BrN2O2. The van der Waals surface area contributed by atoms with Crippen molar-refractivity contribution >= 4 is 15.9 Å². The molecule has 2 aromatic carbocycles. The minimum atomic E-state index is 0.238. The van der Waals surface area contributed by atoms with Crippen molar-refractivity contribution in [2.75, 3.05) is 0 Å². The number of para-hydroxylation sites is 1. The van der Waals surface area contributed by atoms with Crippen LogP contribution in [0.15, 0.2) is 57.4 Å². The maximum atomic E-state index is 5.66. The van der Waals surface area contributed by atoms with Gasteiger partial charge in [0.1, 0.15) is 5.75 Å². The second-order valence-corrected chi connectivity index (χ2v) is 5.39. The number of hydrogen-bond donors (Lipinski definition) is 0. The second kappa shape index (κ2) is 6.10. The van der Waals surface area contributed by atoms with Crippen molar-refractivity contribution in [1.82, 2.24) is 10.2 Å². The largest absolute Gasteiger partial charge is 0.483 e. The van der Waals surface area contributed by atoms with Crippen molar-refractivity contribution in [3.8, 4) is 17.2 Å². The van der Waals surface area contributed by atoms with E-state index in [1.807, 2.05) is 55.5 Å². The Labute approximate surface area is 130 Å². The molecule has 0 N–H and O–H groups in total. The van der Waals surface area contributed by atoms with E-state index in [0.717, 1.165) is 21.3 Å². The van der Waals surface area contributed by atoms with E-state index in [-0.39, 0.29) is 6.61 Å². The number of rotatable bonds is 4. The zero-order chi connectivity index (χ0) is 14.7. The van der Waals surface area contributed by atoms with E-state index >= 15 is 0 Å². The van der Waals surface area contributed by atoms with Gasteiger partial charge < -0.3 is 9.15 Å². The average molecular weight is 345 g/mol. The first-order valence-electron chi connectivity index (χ1n) is 6.50. The Bertz CT molecular complexity index is 755. The Morgan fingerprint density at radius 2 is 1.81 bits per heavy atom. The van der Waals surface area contributed by atoms with Gasteiger partial charge in [0.15, 0.2) is 6.61 Å². The molecule has 0 aliphatic carbocycles. The van der Waals surface area contributed by atoms with E-state index in [2.05, 4.69) is 26.1 Å². The van der Waals surface area contributed by atoms with Crippen LogP contribution in [0.25, 0.3) is 11.5 Å². The SMILES string of the molecule is Cc1ccccc1-c1nnc(COc2ccccc2Br)o1. The first-order valence-corrected chi connectivity index (χ1v) is 7.29. The molecule has 0 aliphatic rings. The quantitative estimate of drug-likeness (QED) is 0.704. The van der Waals surface area contributed by atoms with E-state index in [9.17, 15) is 0 Å². The minimum Gasteiger partial charge on any atom is -0.483 e. The maximum Gasteiger partial charge on any atom is 0.254 e. The number of aryl methyl sites for hydroxylation is 1. The second-order valence-electron chi connectivity index (χ2n) is 4.53. The van der Waals surface area contributed by atoms with E-state index in [1.54, 1.807) is 0 Å². The van der Waals surface area contributed by atoms with Crippen LogP contribution in [0.1, 0.15) is 11.5 Å². The van der Waals surface area contributed by atoms with Gasteiger partial charge in [-0.05, 0) is 46.6 Å². The van der Waals surface area contributed by atoms with Crippen LogP contribution in [-0.4, -0.2) is 10.2 Å². The van der Waals surface area contributed by atoms with Crippen molar-refractivity contribution in [3.63, 3.8) is 0 Å². The van der Waals surface area contributed by atoms with Gasteiger partial charge in [0.05, 0.1) is 4.47 Å². The van der Waals surface area contributed by atoms with Crippen LogP contribution < -0.4 is 4.74 Å². The summed E-state index contributed by atoms with van der Waals surface area (Å²) in [6.07, 6.45) is 0. The van der Waals surface area contributed by atoms with Gasteiger partial charge in [0, 0.05) is 5.56 Å². The van der Waals surface area contributed by atoms with Gasteiger partial charge in [-0.2, -0.15) is 0 Å². The van der Waals surface area contributed by atoms with E-state index in [4.69, 9.17) is 9.15 Å². The zero-order valence-electron chi connectivity index (χ0n) is 11.4. The standard InChI is InChI=1S/C16H13BrN2O2/c1-11-6-2-3-7-12(11)16-19-18-15(21-16)10-20-14-9-5-4-8-13(14)17/h2-9H,10H2,1H3. The van der Waals surface area contributed by atoms with Gasteiger partial charge in [-0.15, -0.1) is 10.2 Å². The molecular weight excluding hydrogens is 332 g/mol. The molecule has 0 saturated heterocycles. The number of aromatic nitrogens is 2.